The van der Waals surface area contributed by atoms with E-state index in [0.717, 1.165) is 122 Å². The van der Waals surface area contributed by atoms with Crippen molar-refractivity contribution in [2.45, 2.75) is 113 Å². The Morgan fingerprint density at radius 3 is 0.848 bits per heavy atom. The summed E-state index contributed by atoms with van der Waals surface area (Å²) in [6.07, 6.45) is 11.4. The lowest BCUT2D eigenvalue weighted by atomic mass is 9.90. The van der Waals surface area contributed by atoms with Crippen molar-refractivity contribution in [3.8, 4) is 69.0 Å². The largest absolute Gasteiger partial charge is 0.508 e. The second kappa shape index (κ2) is 61.4. The van der Waals surface area contributed by atoms with Gasteiger partial charge in [0.05, 0.1) is 115 Å². The molecule has 0 atom stereocenters. The standard InChI is InChI=1S/C36H42O10.C20H20O6.C16H22O5.C14H16O5.C7H8O2.2C2H6/c1-3-34(37)43-23-7-6-22-41-29-10-8-28(9-11-29)35(38)46-33-18-16-32(17-19-33)45-27-44-31-14-12-30(13-15-31)42-21-5-4-20-39-24-36(2)25-40-26-36;1-2-19(22)25-14-4-3-13-24-17-9-5-15(6-10-17)20(23)26-18-11-7-16(21)8-12-18;1-16(11-20-12-16)10-19-8-2-3-9-21-14-6-4-13(5-7-14)15(17)18;1-2-13(15)19-10-4-3-9-18-12-7-5-11(6-8-12)14(16)17;1-5-4-6(8)2-3-7(5)9;2*1-2/h3,8-19H,1,4-7,20-27H2,2H3;2,5-12,21H,1,3-4,13-14H2;4-7H,2-3,8-12H2,1H3,(H,17,18);2,5-8H,1,3-4,9-10H2,(H,16,17);2-4,8-9H,1H3;2*1-2H3. The molecule has 0 radical (unpaired) electrons. The van der Waals surface area contributed by atoms with E-state index in [9.17, 15) is 38.7 Å². The topological polar surface area (TPSA) is 368 Å². The molecular weight excluding hydrogens is 1610 g/mol. The van der Waals surface area contributed by atoms with E-state index in [4.69, 9.17) is 96.2 Å². The van der Waals surface area contributed by atoms with Crippen LogP contribution in [-0.2, 0) is 47.5 Å². The number of esters is 5. The van der Waals surface area contributed by atoms with Crippen LogP contribution in [0.2, 0.25) is 0 Å². The van der Waals surface area contributed by atoms with Gasteiger partial charge in [-0.15, -0.1) is 0 Å². The van der Waals surface area contributed by atoms with Crippen molar-refractivity contribution in [2.24, 2.45) is 10.8 Å². The Morgan fingerprint density at radius 2 is 0.584 bits per heavy atom. The molecule has 8 aromatic rings. The van der Waals surface area contributed by atoms with Gasteiger partial charge in [-0.2, -0.15) is 0 Å². The maximum atomic E-state index is 12.5. The molecule has 28 heteroatoms. The van der Waals surface area contributed by atoms with Gasteiger partial charge in [0.1, 0.15) is 69.0 Å². The molecule has 8 aromatic carbocycles. The number of phenolic OH excluding ortho intramolecular Hbond substituents is 3. The van der Waals surface area contributed by atoms with E-state index in [2.05, 4.69) is 33.6 Å². The van der Waals surface area contributed by atoms with Crippen LogP contribution in [0.1, 0.15) is 153 Å². The van der Waals surface area contributed by atoms with Gasteiger partial charge in [0.15, 0.2) is 0 Å². The summed E-state index contributed by atoms with van der Waals surface area (Å²) in [6, 6.07) is 50.4. The number of hydrogen-bond acceptors (Lipinski definition) is 26. The highest BCUT2D eigenvalue weighted by molar-refractivity contribution is 5.92. The van der Waals surface area contributed by atoms with Crippen LogP contribution in [-0.4, -0.2) is 180 Å². The molecule has 676 valence electrons. The van der Waals surface area contributed by atoms with Crippen LogP contribution in [0.25, 0.3) is 0 Å². The summed E-state index contributed by atoms with van der Waals surface area (Å²) in [5.41, 5.74) is 2.37. The molecule has 10 rings (SSSR count). The predicted octanol–water partition coefficient (Wildman–Crippen LogP) is 18.2. The van der Waals surface area contributed by atoms with Crippen LogP contribution in [0.4, 0.5) is 0 Å². The second-order valence-electron chi connectivity index (χ2n) is 27.9. The van der Waals surface area contributed by atoms with E-state index in [1.165, 1.54) is 54.6 Å². The van der Waals surface area contributed by atoms with Gasteiger partial charge < -0.3 is 101 Å². The van der Waals surface area contributed by atoms with Crippen LogP contribution in [0.3, 0.4) is 0 Å². The zero-order valence-electron chi connectivity index (χ0n) is 72.5. The first kappa shape index (κ1) is 104. The molecule has 0 aliphatic carbocycles. The highest BCUT2D eigenvalue weighted by Crippen LogP contribution is 2.29. The van der Waals surface area contributed by atoms with Gasteiger partial charge >= 0.3 is 41.8 Å². The van der Waals surface area contributed by atoms with E-state index in [1.807, 2.05) is 52.0 Å². The first-order valence-electron chi connectivity index (χ1n) is 41.3. The van der Waals surface area contributed by atoms with Gasteiger partial charge in [0, 0.05) is 42.3 Å². The Labute approximate surface area is 732 Å². The highest BCUT2D eigenvalue weighted by Gasteiger charge is 2.34. The van der Waals surface area contributed by atoms with Crippen molar-refractivity contribution < 1.29 is 135 Å². The number of aryl methyl sites for hydroxylation is 1. The molecule has 125 heavy (non-hydrogen) atoms. The van der Waals surface area contributed by atoms with Gasteiger partial charge in [-0.05, 0) is 265 Å². The number of ether oxygens (including phenoxy) is 16. The Morgan fingerprint density at radius 1 is 0.336 bits per heavy atom. The molecule has 2 aliphatic rings. The number of carbonyl (C=O) groups excluding carboxylic acids is 5. The Bertz CT molecular complexity index is 4410. The second-order valence-corrected chi connectivity index (χ2v) is 27.9. The number of aromatic carboxylic acids is 2. The van der Waals surface area contributed by atoms with Gasteiger partial charge in [0.2, 0.25) is 6.79 Å². The Kier molecular flexibility index (Phi) is 51.3. The Balaban J connectivity index is 0.000000353. The van der Waals surface area contributed by atoms with E-state index in [-0.39, 0.29) is 46.0 Å². The summed E-state index contributed by atoms with van der Waals surface area (Å²) in [6.45, 7) is 33.8. The smallest absolute Gasteiger partial charge is 0.343 e. The van der Waals surface area contributed by atoms with E-state index < -0.39 is 41.8 Å². The first-order valence-corrected chi connectivity index (χ1v) is 41.3. The molecule has 28 nitrogen and oxygen atoms in total. The number of carboxylic acid groups (broad SMARTS) is 2. The van der Waals surface area contributed by atoms with Crippen LogP contribution in [0, 0.1) is 17.8 Å². The molecule has 2 fully saturated rings. The zero-order valence-corrected chi connectivity index (χ0v) is 72.5. The number of aromatic hydroxyl groups is 3. The van der Waals surface area contributed by atoms with Crippen LogP contribution < -0.4 is 42.6 Å². The van der Waals surface area contributed by atoms with Crippen molar-refractivity contribution in [2.75, 3.05) is 113 Å². The molecule has 0 spiro atoms. The molecule has 0 bridgehead atoms. The summed E-state index contributed by atoms with van der Waals surface area (Å²) in [7, 11) is 0. The highest BCUT2D eigenvalue weighted by atomic mass is 16.7. The number of hydrogen-bond donors (Lipinski definition) is 5. The van der Waals surface area contributed by atoms with Crippen LogP contribution in [0.15, 0.2) is 226 Å². The number of benzene rings is 8. The van der Waals surface area contributed by atoms with Crippen LogP contribution >= 0.6 is 0 Å². The summed E-state index contributed by atoms with van der Waals surface area (Å²) >= 11 is 0. The lowest BCUT2D eigenvalue weighted by molar-refractivity contribution is -0.138. The maximum Gasteiger partial charge on any atom is 0.343 e. The van der Waals surface area contributed by atoms with Gasteiger partial charge in [-0.1, -0.05) is 61.3 Å². The van der Waals surface area contributed by atoms with Crippen molar-refractivity contribution in [1.29, 1.82) is 0 Å². The average molecular weight is 1730 g/mol. The first-order chi connectivity index (χ1) is 60.4. The quantitative estimate of drug-likeness (QED) is 0.00450. The molecule has 2 heterocycles. The monoisotopic (exact) mass is 1730 g/mol. The fraction of sp³-hybridized carbons (Fsp3) is 0.371. The van der Waals surface area contributed by atoms with Gasteiger partial charge in [-0.3, -0.25) is 0 Å². The third-order valence-electron chi connectivity index (χ3n) is 17.2. The van der Waals surface area contributed by atoms with Gasteiger partial charge in [0.25, 0.3) is 0 Å². The summed E-state index contributed by atoms with van der Waals surface area (Å²) in [5.74, 6) is 1.66. The summed E-state index contributed by atoms with van der Waals surface area (Å²) in [5, 5.41) is 44.5. The molecule has 0 unspecified atom stereocenters. The van der Waals surface area contributed by atoms with E-state index >= 15 is 0 Å². The third kappa shape index (κ3) is 45.2. The van der Waals surface area contributed by atoms with Gasteiger partial charge in [-0.25, -0.2) is 33.6 Å². The lowest BCUT2D eigenvalue weighted by Crippen LogP contribution is -2.43. The normalized spacial score (nSPS) is 11.9. The number of rotatable bonds is 47. The Hall–Kier alpha value is -12.9. The molecule has 0 amide bonds. The SMILES string of the molecule is C=CC(=O)OCCCCOc1ccc(C(=O)O)cc1.C=CC(=O)OCCCCOc1ccc(C(=O)Oc2ccc(O)cc2)cc1.C=CC(=O)OCCCCOc1ccc(C(=O)Oc2ccc(OCOc3ccc(OCCCCOCC4(C)COC4)cc3)cc2)cc1.CC.CC.CC1(COCCCCOc2ccc(C(=O)O)cc2)COC1.Cc1cc(O)ccc1O. The minimum Gasteiger partial charge on any atom is -0.508 e. The predicted molar refractivity (Wildman–Crippen MR) is 471 cm³/mol. The molecule has 0 aromatic heterocycles. The molecule has 2 saturated heterocycles. The zero-order chi connectivity index (χ0) is 91.3. The molecule has 0 saturated carbocycles. The maximum absolute atomic E-state index is 12.5. The minimum absolute atomic E-state index is 0.0156. The van der Waals surface area contributed by atoms with Crippen LogP contribution in [0.5, 0.6) is 69.0 Å². The van der Waals surface area contributed by atoms with Crippen molar-refractivity contribution in [3.05, 3.63) is 254 Å². The van der Waals surface area contributed by atoms with Crippen molar-refractivity contribution in [1.82, 2.24) is 0 Å². The summed E-state index contributed by atoms with van der Waals surface area (Å²) < 4.78 is 86.4. The third-order valence-corrected chi connectivity index (χ3v) is 17.2. The average Bonchev–Trinajstić information content (AvgIpc) is 0.883. The number of carboxylic acids is 2. The molecular formula is C97H120O28. The number of unbranched alkanes of at least 4 members (excludes halogenated alkanes) is 5. The number of phenols is 3. The fourth-order valence-corrected chi connectivity index (χ4v) is 10.2. The lowest BCUT2D eigenvalue weighted by Gasteiger charge is -2.37. The fourth-order valence-electron chi connectivity index (χ4n) is 10.2. The van der Waals surface area contributed by atoms with E-state index in [0.29, 0.717) is 135 Å². The van der Waals surface area contributed by atoms with Crippen molar-refractivity contribution >= 4 is 41.8 Å². The number of carbonyl (C=O) groups is 7. The van der Waals surface area contributed by atoms with Crippen molar-refractivity contribution in [3.63, 3.8) is 0 Å². The summed E-state index contributed by atoms with van der Waals surface area (Å²) in [4.78, 5) is 78.5. The molecule has 5 N–H and O–H groups in total. The minimum atomic E-state index is -0.962. The van der Waals surface area contributed by atoms with E-state index in [1.54, 1.807) is 116 Å². The molecule has 2 aliphatic heterocycles.